The second kappa shape index (κ2) is 13.4. The first-order valence-electron chi connectivity index (χ1n) is 12.8. The van der Waals surface area contributed by atoms with Crippen molar-refractivity contribution in [2.75, 3.05) is 36.2 Å². The molecule has 0 spiro atoms. The van der Waals surface area contributed by atoms with Crippen molar-refractivity contribution in [3.8, 4) is 0 Å². The van der Waals surface area contributed by atoms with E-state index in [-0.39, 0.29) is 0 Å². The fourth-order valence-electron chi connectivity index (χ4n) is 4.38. The summed E-state index contributed by atoms with van der Waals surface area (Å²) in [6.07, 6.45) is 0. The number of rotatable bonds is 9. The van der Waals surface area contributed by atoms with Gasteiger partial charge in [-0.05, 0) is 76.2 Å². The van der Waals surface area contributed by atoms with Gasteiger partial charge >= 0.3 is 0 Å². The van der Waals surface area contributed by atoms with E-state index in [9.17, 15) is 0 Å². The van der Waals surface area contributed by atoms with Gasteiger partial charge in [0.2, 0.25) is 0 Å². The van der Waals surface area contributed by atoms with Crippen LogP contribution in [0.3, 0.4) is 0 Å². The molecule has 0 fully saturated rings. The van der Waals surface area contributed by atoms with Crippen LogP contribution >= 0.6 is 0 Å². The van der Waals surface area contributed by atoms with Gasteiger partial charge < -0.3 is 4.48 Å². The molecule has 0 radical (unpaired) electrons. The number of anilines is 4. The standard InChI is InChI=1S/C24H20N2.C8H20N/c1-5-13-21(14-6-1)25(22-15-7-2-8-16-22)26(23-17-9-3-10-18-23)24-19-11-4-12-20-24;1-5-9(6-2,7-3)8-4/h1-20H;5-8H2,1-4H3/q;+1. The fourth-order valence-corrected chi connectivity index (χ4v) is 4.38. The number of nitrogens with zero attached hydrogens (tertiary/aromatic N) is 3. The van der Waals surface area contributed by atoms with Crippen LogP contribution in [0.4, 0.5) is 22.7 Å². The topological polar surface area (TPSA) is 6.48 Å². The van der Waals surface area contributed by atoms with Crippen LogP contribution < -0.4 is 10.0 Å². The molecule has 0 atom stereocenters. The molecule has 0 N–H and O–H groups in total. The van der Waals surface area contributed by atoms with Crippen molar-refractivity contribution in [1.29, 1.82) is 0 Å². The number of hydrogen-bond donors (Lipinski definition) is 0. The van der Waals surface area contributed by atoms with Crippen LogP contribution in [-0.4, -0.2) is 30.7 Å². The Labute approximate surface area is 212 Å². The minimum absolute atomic E-state index is 1.10. The minimum atomic E-state index is 1.10. The van der Waals surface area contributed by atoms with Gasteiger partial charge in [-0.25, -0.2) is 10.0 Å². The van der Waals surface area contributed by atoms with Crippen LogP contribution in [0.5, 0.6) is 0 Å². The molecular formula is C32H40N3+. The number of hydrazine groups is 1. The fraction of sp³-hybridized carbons (Fsp3) is 0.250. The number of hydrogen-bond acceptors (Lipinski definition) is 2. The second-order valence-corrected chi connectivity index (χ2v) is 8.57. The van der Waals surface area contributed by atoms with Crippen molar-refractivity contribution in [1.82, 2.24) is 0 Å². The number of quaternary nitrogens is 1. The van der Waals surface area contributed by atoms with E-state index in [2.05, 4.69) is 135 Å². The van der Waals surface area contributed by atoms with Crippen LogP contribution in [0.1, 0.15) is 27.7 Å². The quantitative estimate of drug-likeness (QED) is 0.180. The van der Waals surface area contributed by atoms with Crippen molar-refractivity contribution in [3.05, 3.63) is 121 Å². The maximum atomic E-state index is 2.27. The van der Waals surface area contributed by atoms with Crippen molar-refractivity contribution in [2.45, 2.75) is 27.7 Å². The molecule has 3 heteroatoms. The Bertz CT molecular complexity index is 901. The van der Waals surface area contributed by atoms with Crippen LogP contribution in [0.15, 0.2) is 121 Å². The third kappa shape index (κ3) is 6.74. The summed E-state index contributed by atoms with van der Waals surface area (Å²) < 4.78 is 1.28. The molecule has 0 bridgehead atoms. The Hall–Kier alpha value is -3.56. The van der Waals surface area contributed by atoms with E-state index in [4.69, 9.17) is 0 Å². The zero-order chi connectivity index (χ0) is 24.9. The highest BCUT2D eigenvalue weighted by Crippen LogP contribution is 2.36. The van der Waals surface area contributed by atoms with E-state index in [1.807, 2.05) is 24.3 Å². The van der Waals surface area contributed by atoms with Crippen LogP contribution in [0.2, 0.25) is 0 Å². The number of para-hydroxylation sites is 4. The maximum absolute atomic E-state index is 2.27. The second-order valence-electron chi connectivity index (χ2n) is 8.57. The molecular weight excluding hydrogens is 426 g/mol. The molecule has 0 saturated carbocycles. The maximum Gasteiger partial charge on any atom is 0.0757 e. The van der Waals surface area contributed by atoms with Crippen molar-refractivity contribution >= 4 is 22.7 Å². The molecule has 0 aliphatic carbocycles. The highest BCUT2D eigenvalue weighted by molar-refractivity contribution is 5.77. The molecule has 0 heterocycles. The van der Waals surface area contributed by atoms with Gasteiger partial charge in [0.1, 0.15) is 0 Å². The molecule has 0 amide bonds. The van der Waals surface area contributed by atoms with E-state index in [1.54, 1.807) is 0 Å². The summed E-state index contributed by atoms with van der Waals surface area (Å²) >= 11 is 0. The minimum Gasteiger partial charge on any atom is -0.325 e. The SMILES string of the molecule is CC[N+](CC)(CC)CC.c1ccc(N(c2ccccc2)N(c2ccccc2)c2ccccc2)cc1. The van der Waals surface area contributed by atoms with Crippen LogP contribution in [0, 0.1) is 0 Å². The first-order valence-corrected chi connectivity index (χ1v) is 12.8. The monoisotopic (exact) mass is 466 g/mol. The lowest BCUT2D eigenvalue weighted by molar-refractivity contribution is -0.921. The number of benzene rings is 4. The Morgan fingerprint density at radius 2 is 0.571 bits per heavy atom. The lowest BCUT2D eigenvalue weighted by Crippen LogP contribution is -2.47. The Balaban J connectivity index is 0.000000327. The van der Waals surface area contributed by atoms with E-state index >= 15 is 0 Å². The summed E-state index contributed by atoms with van der Waals surface area (Å²) in [5.74, 6) is 0. The summed E-state index contributed by atoms with van der Waals surface area (Å²) in [5.41, 5.74) is 4.41. The van der Waals surface area contributed by atoms with Crippen molar-refractivity contribution in [2.24, 2.45) is 0 Å². The van der Waals surface area contributed by atoms with Gasteiger partial charge in [0, 0.05) is 0 Å². The molecule has 0 aliphatic heterocycles. The molecule has 35 heavy (non-hydrogen) atoms. The first kappa shape index (κ1) is 26.1. The first-order chi connectivity index (χ1) is 17.2. The Morgan fingerprint density at radius 1 is 0.371 bits per heavy atom. The molecule has 3 nitrogen and oxygen atoms in total. The van der Waals surface area contributed by atoms with Gasteiger partial charge in [-0.3, -0.25) is 0 Å². The van der Waals surface area contributed by atoms with E-state index in [0.29, 0.717) is 0 Å². The molecule has 182 valence electrons. The lowest BCUT2D eigenvalue weighted by Gasteiger charge is -2.38. The average Bonchev–Trinajstić information content (AvgIpc) is 2.95. The molecule has 0 saturated heterocycles. The van der Waals surface area contributed by atoms with Crippen molar-refractivity contribution in [3.63, 3.8) is 0 Å². The highest BCUT2D eigenvalue weighted by atomic mass is 15.6. The Kier molecular flexibility index (Phi) is 9.94. The van der Waals surface area contributed by atoms with Gasteiger partial charge in [0.15, 0.2) is 0 Å². The summed E-state index contributed by atoms with van der Waals surface area (Å²) in [5, 5.41) is 4.48. The molecule has 0 unspecified atom stereocenters. The van der Waals surface area contributed by atoms with Gasteiger partial charge in [0.25, 0.3) is 0 Å². The van der Waals surface area contributed by atoms with Crippen LogP contribution in [0.25, 0.3) is 0 Å². The van der Waals surface area contributed by atoms with Gasteiger partial charge in [-0.2, -0.15) is 0 Å². The third-order valence-corrected chi connectivity index (χ3v) is 6.89. The van der Waals surface area contributed by atoms with E-state index in [0.717, 1.165) is 22.7 Å². The molecule has 4 aromatic rings. The van der Waals surface area contributed by atoms with Crippen LogP contribution in [-0.2, 0) is 0 Å². The predicted molar refractivity (Wildman–Crippen MR) is 152 cm³/mol. The average molecular weight is 467 g/mol. The predicted octanol–water partition coefficient (Wildman–Crippen LogP) is 8.46. The third-order valence-electron chi connectivity index (χ3n) is 6.89. The summed E-state index contributed by atoms with van der Waals surface area (Å²) in [4.78, 5) is 0. The van der Waals surface area contributed by atoms with Crippen molar-refractivity contribution < 1.29 is 4.48 Å². The van der Waals surface area contributed by atoms with Gasteiger partial charge in [0.05, 0.1) is 48.9 Å². The smallest absolute Gasteiger partial charge is 0.0757 e. The highest BCUT2D eigenvalue weighted by Gasteiger charge is 2.20. The molecule has 4 aromatic carbocycles. The Morgan fingerprint density at radius 3 is 0.714 bits per heavy atom. The molecule has 0 aromatic heterocycles. The van der Waals surface area contributed by atoms with E-state index < -0.39 is 0 Å². The molecule has 0 aliphatic rings. The van der Waals surface area contributed by atoms with Gasteiger partial charge in [-0.1, -0.05) is 72.8 Å². The normalized spacial score (nSPS) is 10.7. The molecule has 4 rings (SSSR count). The largest absolute Gasteiger partial charge is 0.325 e. The zero-order valence-electron chi connectivity index (χ0n) is 21.7. The lowest BCUT2D eigenvalue weighted by atomic mass is 10.2. The summed E-state index contributed by atoms with van der Waals surface area (Å²) in [6.45, 7) is 14.2. The van der Waals surface area contributed by atoms with Gasteiger partial charge in [-0.15, -0.1) is 0 Å². The zero-order valence-corrected chi connectivity index (χ0v) is 21.7. The van der Waals surface area contributed by atoms with E-state index in [1.165, 1.54) is 30.7 Å². The summed E-state index contributed by atoms with van der Waals surface area (Å²) in [6, 6.07) is 41.8. The summed E-state index contributed by atoms with van der Waals surface area (Å²) in [7, 11) is 0.